The molecule has 1 aromatic rings. The van der Waals surface area contributed by atoms with Crippen LogP contribution < -0.4 is 0 Å². The van der Waals surface area contributed by atoms with Gasteiger partial charge in [0.05, 0.1) is 0 Å². The SMILES string of the molecule is Cc1ccc([CH]=[Zr+2])cc1. The third kappa shape index (κ3) is 1.98. The number of aryl methyl sites for hydroxylation is 1. The van der Waals surface area contributed by atoms with E-state index in [0.717, 1.165) is 0 Å². The molecule has 0 saturated carbocycles. The molecule has 0 aromatic heterocycles. The first kappa shape index (κ1) is 7.08. The van der Waals surface area contributed by atoms with Gasteiger partial charge < -0.3 is 0 Å². The van der Waals surface area contributed by atoms with E-state index in [1.807, 2.05) is 0 Å². The molecule has 42 valence electrons. The van der Waals surface area contributed by atoms with Gasteiger partial charge in [0.15, 0.2) is 0 Å². The molecule has 1 aromatic carbocycles. The first-order valence-corrected chi connectivity index (χ1v) is 4.32. The number of benzene rings is 1. The predicted molar refractivity (Wildman–Crippen MR) is 36.3 cm³/mol. The first-order chi connectivity index (χ1) is 4.33. The van der Waals surface area contributed by atoms with Crippen molar-refractivity contribution in [1.29, 1.82) is 0 Å². The Morgan fingerprint density at radius 3 is 2.22 bits per heavy atom. The van der Waals surface area contributed by atoms with Crippen molar-refractivity contribution in [3.63, 3.8) is 0 Å². The maximum atomic E-state index is 2.19. The summed E-state index contributed by atoms with van der Waals surface area (Å²) in [5, 5.41) is 0. The summed E-state index contributed by atoms with van der Waals surface area (Å²) in [6.45, 7) is 2.10. The molecule has 0 nitrogen and oxygen atoms in total. The van der Waals surface area contributed by atoms with Crippen molar-refractivity contribution < 1.29 is 24.2 Å². The normalized spacial score (nSPS) is 9.22. The molecule has 0 amide bonds. The molecule has 0 heterocycles. The van der Waals surface area contributed by atoms with Crippen molar-refractivity contribution in [3.8, 4) is 0 Å². The van der Waals surface area contributed by atoms with Crippen molar-refractivity contribution in [3.05, 3.63) is 35.4 Å². The van der Waals surface area contributed by atoms with Crippen LogP contribution in [0.5, 0.6) is 0 Å². The van der Waals surface area contributed by atoms with Crippen LogP contribution in [0.1, 0.15) is 11.1 Å². The van der Waals surface area contributed by atoms with Crippen LogP contribution in [0.15, 0.2) is 24.3 Å². The van der Waals surface area contributed by atoms with E-state index < -0.39 is 0 Å². The quantitative estimate of drug-likeness (QED) is 0.640. The van der Waals surface area contributed by atoms with Gasteiger partial charge in [-0.1, -0.05) is 0 Å². The topological polar surface area (TPSA) is 0 Å². The van der Waals surface area contributed by atoms with Gasteiger partial charge in [-0.25, -0.2) is 0 Å². The van der Waals surface area contributed by atoms with Gasteiger partial charge in [0, 0.05) is 0 Å². The van der Waals surface area contributed by atoms with E-state index >= 15 is 0 Å². The zero-order valence-electron chi connectivity index (χ0n) is 5.39. The third-order valence-electron chi connectivity index (χ3n) is 1.24. The van der Waals surface area contributed by atoms with E-state index in [2.05, 4.69) is 34.9 Å². The van der Waals surface area contributed by atoms with Crippen molar-refractivity contribution in [1.82, 2.24) is 0 Å². The summed E-state index contributed by atoms with van der Waals surface area (Å²) >= 11 is 1.47. The molecule has 9 heavy (non-hydrogen) atoms. The van der Waals surface area contributed by atoms with Crippen LogP contribution in [-0.4, -0.2) is 3.71 Å². The van der Waals surface area contributed by atoms with Crippen molar-refractivity contribution >= 4 is 3.71 Å². The number of hydrogen-bond donors (Lipinski definition) is 0. The molecular formula is C8H8Zr+2. The van der Waals surface area contributed by atoms with Gasteiger partial charge in [0.2, 0.25) is 0 Å². The van der Waals surface area contributed by atoms with Gasteiger partial charge in [-0.15, -0.1) is 0 Å². The second-order valence-electron chi connectivity index (χ2n) is 2.06. The standard InChI is InChI=1S/C8H8.Zr/c1-7-3-5-8(2)6-4-7;/h1,3-6H,2H3;/q;+2. The maximum absolute atomic E-state index is 2.19. The summed E-state index contributed by atoms with van der Waals surface area (Å²) in [5.74, 6) is 0. The molecule has 0 radical (unpaired) electrons. The Bertz CT molecular complexity index is 198. The van der Waals surface area contributed by atoms with E-state index in [0.29, 0.717) is 0 Å². The van der Waals surface area contributed by atoms with Crippen LogP contribution in [0, 0.1) is 6.92 Å². The molecule has 0 saturated heterocycles. The van der Waals surface area contributed by atoms with Crippen LogP contribution in [-0.2, 0) is 24.2 Å². The fourth-order valence-corrected chi connectivity index (χ4v) is 1.14. The first-order valence-electron chi connectivity index (χ1n) is 2.90. The molecule has 1 heteroatoms. The molecule has 1 rings (SSSR count). The Morgan fingerprint density at radius 2 is 1.78 bits per heavy atom. The second kappa shape index (κ2) is 3.22. The monoisotopic (exact) mass is 194 g/mol. The Morgan fingerprint density at radius 1 is 1.22 bits per heavy atom. The fraction of sp³-hybridized carbons (Fsp3) is 0.125. The van der Waals surface area contributed by atoms with Crippen molar-refractivity contribution in [2.24, 2.45) is 0 Å². The van der Waals surface area contributed by atoms with Gasteiger partial charge in [0.1, 0.15) is 0 Å². The summed E-state index contributed by atoms with van der Waals surface area (Å²) in [4.78, 5) is 0. The summed E-state index contributed by atoms with van der Waals surface area (Å²) in [7, 11) is 0. The van der Waals surface area contributed by atoms with Crippen LogP contribution in [0.2, 0.25) is 0 Å². The van der Waals surface area contributed by atoms with Crippen LogP contribution in [0.25, 0.3) is 0 Å². The molecule has 0 unspecified atom stereocenters. The number of hydrogen-bond acceptors (Lipinski definition) is 0. The third-order valence-corrected chi connectivity index (χ3v) is 2.06. The minimum absolute atomic E-state index is 1.33. The van der Waals surface area contributed by atoms with Gasteiger partial charge in [-0.3, -0.25) is 0 Å². The summed E-state index contributed by atoms with van der Waals surface area (Å²) < 4.78 is 2.19. The average Bonchev–Trinajstić information content (AvgIpc) is 1.90. The summed E-state index contributed by atoms with van der Waals surface area (Å²) in [5.41, 5.74) is 2.66. The van der Waals surface area contributed by atoms with Gasteiger partial charge in [0.25, 0.3) is 0 Å². The van der Waals surface area contributed by atoms with Crippen molar-refractivity contribution in [2.75, 3.05) is 0 Å². The molecule has 0 atom stereocenters. The van der Waals surface area contributed by atoms with Gasteiger partial charge in [-0.05, 0) is 0 Å². The van der Waals surface area contributed by atoms with Gasteiger partial charge in [-0.2, -0.15) is 0 Å². The summed E-state index contributed by atoms with van der Waals surface area (Å²) in [6, 6.07) is 8.56. The van der Waals surface area contributed by atoms with Crippen molar-refractivity contribution in [2.45, 2.75) is 6.92 Å². The Hall–Kier alpha value is -0.0269. The molecule has 0 bridgehead atoms. The molecule has 0 N–H and O–H groups in total. The zero-order chi connectivity index (χ0) is 6.69. The molecule has 0 spiro atoms. The molecule has 0 fully saturated rings. The van der Waals surface area contributed by atoms with Crippen LogP contribution >= 0.6 is 0 Å². The predicted octanol–water partition coefficient (Wildman–Crippen LogP) is 1.69. The molecule has 0 aliphatic heterocycles. The fourth-order valence-electron chi connectivity index (χ4n) is 0.663. The molecule has 0 aliphatic rings. The molecule has 0 aliphatic carbocycles. The Labute approximate surface area is 70.2 Å². The second-order valence-corrected chi connectivity index (χ2v) is 2.76. The van der Waals surface area contributed by atoms with E-state index in [-0.39, 0.29) is 0 Å². The van der Waals surface area contributed by atoms with Crippen LogP contribution in [0.4, 0.5) is 0 Å². The Kier molecular flexibility index (Phi) is 2.53. The summed E-state index contributed by atoms with van der Waals surface area (Å²) in [6.07, 6.45) is 0. The van der Waals surface area contributed by atoms with Gasteiger partial charge >= 0.3 is 70.3 Å². The Balaban J connectivity index is 3.01. The molecular weight excluding hydrogens is 187 g/mol. The number of rotatable bonds is 1. The van der Waals surface area contributed by atoms with E-state index in [9.17, 15) is 0 Å². The zero-order valence-corrected chi connectivity index (χ0v) is 7.84. The average molecular weight is 195 g/mol. The minimum atomic E-state index is 1.33. The van der Waals surface area contributed by atoms with E-state index in [1.165, 1.54) is 35.4 Å². The van der Waals surface area contributed by atoms with E-state index in [1.54, 1.807) is 0 Å². The van der Waals surface area contributed by atoms with E-state index in [4.69, 9.17) is 0 Å². The van der Waals surface area contributed by atoms with Crippen LogP contribution in [0.3, 0.4) is 0 Å².